The van der Waals surface area contributed by atoms with E-state index in [1.807, 2.05) is 25.1 Å². The third-order valence-electron chi connectivity index (χ3n) is 4.23. The standard InChI is InChI=1S/C18H26N2O3/c1-12(2)7-10-19-16(21)18(8-9-18)17(22)20-14-11-13(3)5-6-15(14)23-4/h5-6,11-12H,7-10H2,1-4H3,(H,19,21)(H,20,22). The Bertz CT molecular complexity index is 592. The largest absolute Gasteiger partial charge is 0.495 e. The lowest BCUT2D eigenvalue weighted by Crippen LogP contribution is -2.40. The molecule has 0 aromatic heterocycles. The first-order chi connectivity index (χ1) is 10.9. The number of nitrogens with one attached hydrogen (secondary N) is 2. The van der Waals surface area contributed by atoms with Crippen molar-refractivity contribution < 1.29 is 14.3 Å². The molecule has 0 radical (unpaired) electrons. The van der Waals surface area contributed by atoms with Crippen molar-refractivity contribution in [1.29, 1.82) is 0 Å². The smallest absolute Gasteiger partial charge is 0.240 e. The number of anilines is 1. The average Bonchev–Trinajstić information content (AvgIpc) is 3.28. The van der Waals surface area contributed by atoms with Crippen LogP contribution in [-0.2, 0) is 9.59 Å². The first-order valence-corrected chi connectivity index (χ1v) is 8.13. The molecule has 1 aliphatic carbocycles. The lowest BCUT2D eigenvalue weighted by Gasteiger charge is -2.17. The van der Waals surface area contributed by atoms with Gasteiger partial charge in [0.05, 0.1) is 12.8 Å². The molecule has 1 aromatic rings. The van der Waals surface area contributed by atoms with Gasteiger partial charge in [-0.25, -0.2) is 0 Å². The van der Waals surface area contributed by atoms with Gasteiger partial charge in [-0.3, -0.25) is 9.59 Å². The van der Waals surface area contributed by atoms with E-state index < -0.39 is 5.41 Å². The van der Waals surface area contributed by atoms with Crippen LogP contribution in [0.3, 0.4) is 0 Å². The van der Waals surface area contributed by atoms with E-state index in [1.165, 1.54) is 0 Å². The molecule has 5 heteroatoms. The molecule has 126 valence electrons. The van der Waals surface area contributed by atoms with E-state index in [9.17, 15) is 9.59 Å². The second-order valence-electron chi connectivity index (χ2n) is 6.68. The van der Waals surface area contributed by atoms with Gasteiger partial charge in [-0.1, -0.05) is 19.9 Å². The normalized spacial score (nSPS) is 15.2. The van der Waals surface area contributed by atoms with E-state index in [2.05, 4.69) is 24.5 Å². The third-order valence-corrected chi connectivity index (χ3v) is 4.23. The van der Waals surface area contributed by atoms with E-state index in [-0.39, 0.29) is 11.8 Å². The van der Waals surface area contributed by atoms with Crippen molar-refractivity contribution in [2.45, 2.75) is 40.0 Å². The van der Waals surface area contributed by atoms with Gasteiger partial charge in [0.2, 0.25) is 11.8 Å². The van der Waals surface area contributed by atoms with Crippen molar-refractivity contribution in [2.75, 3.05) is 19.0 Å². The number of rotatable bonds is 7. The van der Waals surface area contributed by atoms with Crippen LogP contribution in [-0.4, -0.2) is 25.5 Å². The molecule has 1 aliphatic rings. The molecule has 1 saturated carbocycles. The molecule has 0 atom stereocenters. The van der Waals surface area contributed by atoms with Gasteiger partial charge in [-0.15, -0.1) is 0 Å². The Balaban J connectivity index is 2.02. The molecule has 23 heavy (non-hydrogen) atoms. The number of carbonyl (C=O) groups excluding carboxylic acids is 2. The van der Waals surface area contributed by atoms with Crippen molar-refractivity contribution in [1.82, 2.24) is 5.32 Å². The number of amides is 2. The zero-order valence-electron chi connectivity index (χ0n) is 14.4. The number of hydrogen-bond donors (Lipinski definition) is 2. The minimum atomic E-state index is -0.911. The summed E-state index contributed by atoms with van der Waals surface area (Å²) in [7, 11) is 1.56. The second kappa shape index (κ2) is 7.02. The van der Waals surface area contributed by atoms with Gasteiger partial charge < -0.3 is 15.4 Å². The predicted octanol–water partition coefficient (Wildman–Crippen LogP) is 2.88. The predicted molar refractivity (Wildman–Crippen MR) is 90.5 cm³/mol. The summed E-state index contributed by atoms with van der Waals surface area (Å²) in [5.74, 6) is 0.710. The molecule has 2 N–H and O–H groups in total. The highest BCUT2D eigenvalue weighted by Crippen LogP contribution is 2.47. The van der Waals surface area contributed by atoms with Crippen LogP contribution in [0.25, 0.3) is 0 Å². The Morgan fingerprint density at radius 3 is 2.52 bits per heavy atom. The summed E-state index contributed by atoms with van der Waals surface area (Å²) in [4.78, 5) is 24.9. The Kier molecular flexibility index (Phi) is 5.29. The third kappa shape index (κ3) is 4.03. The Labute approximate surface area is 137 Å². The summed E-state index contributed by atoms with van der Waals surface area (Å²) in [5, 5.41) is 5.75. The van der Waals surface area contributed by atoms with E-state index in [0.717, 1.165) is 12.0 Å². The first-order valence-electron chi connectivity index (χ1n) is 8.13. The number of hydrogen-bond acceptors (Lipinski definition) is 3. The number of ether oxygens (including phenoxy) is 1. The van der Waals surface area contributed by atoms with Crippen molar-refractivity contribution in [3.8, 4) is 5.75 Å². The van der Waals surface area contributed by atoms with E-state index >= 15 is 0 Å². The Hall–Kier alpha value is -2.04. The molecular weight excluding hydrogens is 292 g/mol. The maximum atomic E-state index is 12.6. The van der Waals surface area contributed by atoms with Crippen LogP contribution < -0.4 is 15.4 Å². The maximum Gasteiger partial charge on any atom is 0.240 e. The number of aryl methyl sites for hydroxylation is 1. The highest BCUT2D eigenvalue weighted by molar-refractivity contribution is 6.13. The summed E-state index contributed by atoms with van der Waals surface area (Å²) in [6, 6.07) is 5.58. The van der Waals surface area contributed by atoms with E-state index in [0.29, 0.717) is 36.7 Å². The molecule has 5 nitrogen and oxygen atoms in total. The maximum absolute atomic E-state index is 12.6. The zero-order chi connectivity index (χ0) is 17.0. The SMILES string of the molecule is COc1ccc(C)cc1NC(=O)C1(C(=O)NCCC(C)C)CC1. The lowest BCUT2D eigenvalue weighted by molar-refractivity contribution is -0.134. The lowest BCUT2D eigenvalue weighted by atomic mass is 10.0. The van der Waals surface area contributed by atoms with Crippen LogP contribution in [0.2, 0.25) is 0 Å². The zero-order valence-corrected chi connectivity index (χ0v) is 14.4. The molecule has 2 amide bonds. The Morgan fingerprint density at radius 1 is 1.26 bits per heavy atom. The fourth-order valence-corrected chi connectivity index (χ4v) is 2.49. The van der Waals surface area contributed by atoms with Gasteiger partial charge in [0.15, 0.2) is 0 Å². The fourth-order valence-electron chi connectivity index (χ4n) is 2.49. The van der Waals surface area contributed by atoms with E-state index in [1.54, 1.807) is 7.11 Å². The van der Waals surface area contributed by atoms with Crippen molar-refractivity contribution in [2.24, 2.45) is 11.3 Å². The van der Waals surface area contributed by atoms with Crippen LogP contribution in [0.4, 0.5) is 5.69 Å². The molecule has 1 fully saturated rings. The van der Waals surface area contributed by atoms with Gasteiger partial charge in [-0.05, 0) is 49.8 Å². The van der Waals surface area contributed by atoms with Crippen molar-refractivity contribution >= 4 is 17.5 Å². The molecular formula is C18H26N2O3. The van der Waals surface area contributed by atoms with Crippen LogP contribution in [0.1, 0.15) is 38.7 Å². The molecule has 0 heterocycles. The summed E-state index contributed by atoms with van der Waals surface area (Å²) in [6.07, 6.45) is 2.11. The van der Waals surface area contributed by atoms with Crippen LogP contribution >= 0.6 is 0 Å². The highest BCUT2D eigenvalue weighted by atomic mass is 16.5. The topological polar surface area (TPSA) is 67.4 Å². The monoisotopic (exact) mass is 318 g/mol. The molecule has 0 aliphatic heterocycles. The van der Waals surface area contributed by atoms with Gasteiger partial charge in [0, 0.05) is 6.54 Å². The second-order valence-corrected chi connectivity index (χ2v) is 6.68. The van der Waals surface area contributed by atoms with Gasteiger partial charge >= 0.3 is 0 Å². The summed E-state index contributed by atoms with van der Waals surface area (Å²) >= 11 is 0. The minimum absolute atomic E-state index is 0.165. The summed E-state index contributed by atoms with van der Waals surface area (Å²) < 4.78 is 5.27. The average molecular weight is 318 g/mol. The number of benzene rings is 1. The van der Waals surface area contributed by atoms with Crippen LogP contribution in [0, 0.1) is 18.3 Å². The summed E-state index contributed by atoms with van der Waals surface area (Å²) in [6.45, 7) is 6.77. The summed E-state index contributed by atoms with van der Waals surface area (Å²) in [5.41, 5.74) is 0.720. The minimum Gasteiger partial charge on any atom is -0.495 e. The van der Waals surface area contributed by atoms with Crippen molar-refractivity contribution in [3.05, 3.63) is 23.8 Å². The van der Waals surface area contributed by atoms with E-state index in [4.69, 9.17) is 4.74 Å². The van der Waals surface area contributed by atoms with Gasteiger partial charge in [0.25, 0.3) is 0 Å². The molecule has 0 bridgehead atoms. The van der Waals surface area contributed by atoms with Gasteiger partial charge in [-0.2, -0.15) is 0 Å². The van der Waals surface area contributed by atoms with Crippen molar-refractivity contribution in [3.63, 3.8) is 0 Å². The number of carbonyl (C=O) groups is 2. The van der Waals surface area contributed by atoms with Gasteiger partial charge in [0.1, 0.15) is 11.2 Å². The molecule has 0 unspecified atom stereocenters. The first kappa shape index (κ1) is 17.3. The molecule has 0 spiro atoms. The fraction of sp³-hybridized carbons (Fsp3) is 0.556. The Morgan fingerprint density at radius 2 is 1.96 bits per heavy atom. The molecule has 2 rings (SSSR count). The quantitative estimate of drug-likeness (QED) is 0.760. The highest BCUT2D eigenvalue weighted by Gasteiger charge is 2.56. The van der Waals surface area contributed by atoms with Crippen LogP contribution in [0.5, 0.6) is 5.75 Å². The molecule has 1 aromatic carbocycles. The van der Waals surface area contributed by atoms with Crippen LogP contribution in [0.15, 0.2) is 18.2 Å². The number of methoxy groups -OCH3 is 1. The molecule has 0 saturated heterocycles.